The zero-order valence-electron chi connectivity index (χ0n) is 12.1. The number of hydrogen-bond acceptors (Lipinski definition) is 3. The van der Waals surface area contributed by atoms with Crippen molar-refractivity contribution in [3.05, 3.63) is 0 Å². The molecule has 0 aromatic rings. The van der Waals surface area contributed by atoms with Crippen molar-refractivity contribution in [3.63, 3.8) is 0 Å². The Kier molecular flexibility index (Phi) is 4.00. The zero-order valence-corrected chi connectivity index (χ0v) is 12.1. The van der Waals surface area contributed by atoms with Crippen LogP contribution in [0.4, 0.5) is 0 Å². The minimum atomic E-state index is -0.252. The average molecular weight is 253 g/mol. The lowest BCUT2D eigenvalue weighted by atomic mass is 9.76. The lowest BCUT2D eigenvalue weighted by molar-refractivity contribution is -0.164. The van der Waals surface area contributed by atoms with Gasteiger partial charge < -0.3 is 10.1 Å². The van der Waals surface area contributed by atoms with Crippen molar-refractivity contribution in [2.75, 3.05) is 13.1 Å². The molecule has 0 amide bonds. The van der Waals surface area contributed by atoms with E-state index in [2.05, 4.69) is 26.1 Å². The first kappa shape index (κ1) is 13.9. The summed E-state index contributed by atoms with van der Waals surface area (Å²) in [4.78, 5) is 12.3. The van der Waals surface area contributed by atoms with Gasteiger partial charge >= 0.3 is 5.97 Å². The third-order valence-electron chi connectivity index (χ3n) is 4.76. The van der Waals surface area contributed by atoms with Crippen molar-refractivity contribution >= 4 is 5.97 Å². The number of hydrogen-bond donors (Lipinski definition) is 1. The van der Waals surface area contributed by atoms with Gasteiger partial charge in [0.2, 0.25) is 0 Å². The molecule has 2 fully saturated rings. The van der Waals surface area contributed by atoms with E-state index in [0.717, 1.165) is 38.8 Å². The highest BCUT2D eigenvalue weighted by Gasteiger charge is 2.38. The number of ether oxygens (including phenoxy) is 1. The summed E-state index contributed by atoms with van der Waals surface area (Å²) < 4.78 is 5.76. The summed E-state index contributed by atoms with van der Waals surface area (Å²) >= 11 is 0. The van der Waals surface area contributed by atoms with Crippen molar-refractivity contribution in [2.45, 2.75) is 65.4 Å². The molecule has 0 aromatic carbocycles. The van der Waals surface area contributed by atoms with E-state index < -0.39 is 0 Å². The fraction of sp³-hybridized carbons (Fsp3) is 0.933. The molecule has 104 valence electrons. The van der Waals surface area contributed by atoms with Crippen molar-refractivity contribution in [3.8, 4) is 0 Å². The lowest BCUT2D eigenvalue weighted by Crippen LogP contribution is -2.42. The predicted octanol–water partition coefficient (Wildman–Crippen LogP) is 2.89. The van der Waals surface area contributed by atoms with Crippen molar-refractivity contribution in [1.29, 1.82) is 0 Å². The second-order valence-corrected chi connectivity index (χ2v) is 7.08. The second-order valence-electron chi connectivity index (χ2n) is 7.08. The minimum Gasteiger partial charge on any atom is -0.462 e. The van der Waals surface area contributed by atoms with Gasteiger partial charge in [0.1, 0.15) is 6.10 Å². The molecule has 0 unspecified atom stereocenters. The smallest absolute Gasteiger partial charge is 0.312 e. The molecular formula is C15H27NO2. The van der Waals surface area contributed by atoms with Gasteiger partial charge in [-0.05, 0) is 64.0 Å². The molecule has 18 heavy (non-hydrogen) atoms. The Morgan fingerprint density at radius 3 is 2.17 bits per heavy atom. The van der Waals surface area contributed by atoms with Gasteiger partial charge in [-0.25, -0.2) is 0 Å². The maximum Gasteiger partial charge on any atom is 0.312 e. The molecule has 3 heteroatoms. The van der Waals surface area contributed by atoms with Crippen LogP contribution in [0.25, 0.3) is 0 Å². The van der Waals surface area contributed by atoms with Crippen LogP contribution in [0.15, 0.2) is 0 Å². The van der Waals surface area contributed by atoms with Crippen LogP contribution in [0.1, 0.15) is 59.3 Å². The minimum absolute atomic E-state index is 0.0358. The molecule has 2 aliphatic rings. The van der Waals surface area contributed by atoms with Gasteiger partial charge in [-0.1, -0.05) is 13.8 Å². The molecule has 3 nitrogen and oxygen atoms in total. The number of carbonyl (C=O) groups excluding carboxylic acids is 1. The molecule has 1 heterocycles. The van der Waals surface area contributed by atoms with E-state index in [9.17, 15) is 4.79 Å². The predicted molar refractivity (Wildman–Crippen MR) is 72.3 cm³/mol. The van der Waals surface area contributed by atoms with Crippen molar-refractivity contribution in [1.82, 2.24) is 5.32 Å². The van der Waals surface area contributed by atoms with E-state index >= 15 is 0 Å². The molecule has 0 spiro atoms. The highest BCUT2D eigenvalue weighted by atomic mass is 16.5. The summed E-state index contributed by atoms with van der Waals surface area (Å²) in [6, 6.07) is 0. The Balaban J connectivity index is 1.84. The Hall–Kier alpha value is -0.570. The van der Waals surface area contributed by atoms with Crippen LogP contribution < -0.4 is 5.32 Å². The lowest BCUT2D eigenvalue weighted by Gasteiger charge is -2.37. The molecule has 0 atom stereocenters. The van der Waals surface area contributed by atoms with Gasteiger partial charge in [-0.3, -0.25) is 4.79 Å². The zero-order chi connectivity index (χ0) is 13.2. The summed E-state index contributed by atoms with van der Waals surface area (Å²) in [6.07, 6.45) is 6.39. The van der Waals surface area contributed by atoms with E-state index in [4.69, 9.17) is 4.74 Å². The first-order valence-corrected chi connectivity index (χ1v) is 7.33. The topological polar surface area (TPSA) is 38.3 Å². The van der Waals surface area contributed by atoms with Crippen LogP contribution in [-0.4, -0.2) is 25.2 Å². The fourth-order valence-electron chi connectivity index (χ4n) is 2.97. The van der Waals surface area contributed by atoms with E-state index in [1.807, 2.05) is 0 Å². The van der Waals surface area contributed by atoms with E-state index in [1.54, 1.807) is 0 Å². The summed E-state index contributed by atoms with van der Waals surface area (Å²) in [7, 11) is 0. The highest BCUT2D eigenvalue weighted by Crippen LogP contribution is 2.38. The average Bonchev–Trinajstić information content (AvgIpc) is 2.33. The summed E-state index contributed by atoms with van der Waals surface area (Å²) in [5, 5.41) is 3.30. The SMILES string of the molecule is CC1(C)CCC(OC(=O)C2(C)CCNCC2)CC1. The van der Waals surface area contributed by atoms with Crippen LogP contribution in [0.5, 0.6) is 0 Å². The monoisotopic (exact) mass is 253 g/mol. The number of esters is 1. The number of piperidine rings is 1. The first-order chi connectivity index (χ1) is 8.41. The molecule has 0 aromatic heterocycles. The Morgan fingerprint density at radius 2 is 1.61 bits per heavy atom. The van der Waals surface area contributed by atoms with Gasteiger partial charge in [0.25, 0.3) is 0 Å². The molecule has 2 rings (SSSR count). The van der Waals surface area contributed by atoms with Crippen LogP contribution in [-0.2, 0) is 9.53 Å². The molecule has 1 N–H and O–H groups in total. The summed E-state index contributed by atoms with van der Waals surface area (Å²) in [5.74, 6) is 0.0358. The molecule has 0 radical (unpaired) electrons. The van der Waals surface area contributed by atoms with Gasteiger partial charge in [0.15, 0.2) is 0 Å². The standard InChI is InChI=1S/C15H27NO2/c1-14(2)6-4-12(5-7-14)18-13(17)15(3)8-10-16-11-9-15/h12,16H,4-11H2,1-3H3. The van der Waals surface area contributed by atoms with Gasteiger partial charge in [-0.15, -0.1) is 0 Å². The number of carbonyl (C=O) groups is 1. The third-order valence-corrected chi connectivity index (χ3v) is 4.76. The molecular weight excluding hydrogens is 226 g/mol. The van der Waals surface area contributed by atoms with E-state index in [1.165, 1.54) is 12.8 Å². The Bertz CT molecular complexity index is 296. The number of nitrogens with one attached hydrogen (secondary N) is 1. The largest absolute Gasteiger partial charge is 0.462 e. The van der Waals surface area contributed by atoms with Gasteiger partial charge in [-0.2, -0.15) is 0 Å². The van der Waals surface area contributed by atoms with Crippen LogP contribution >= 0.6 is 0 Å². The maximum absolute atomic E-state index is 12.3. The third kappa shape index (κ3) is 3.25. The highest BCUT2D eigenvalue weighted by molar-refractivity contribution is 5.76. The molecule has 1 saturated carbocycles. The Labute approximate surface area is 111 Å². The van der Waals surface area contributed by atoms with Gasteiger partial charge in [0, 0.05) is 0 Å². The van der Waals surface area contributed by atoms with Crippen molar-refractivity contribution < 1.29 is 9.53 Å². The van der Waals surface area contributed by atoms with E-state index in [-0.39, 0.29) is 17.5 Å². The Morgan fingerprint density at radius 1 is 1.06 bits per heavy atom. The van der Waals surface area contributed by atoms with E-state index in [0.29, 0.717) is 5.41 Å². The normalized spacial score (nSPS) is 27.7. The summed E-state index contributed by atoms with van der Waals surface area (Å²) in [5.41, 5.74) is 0.180. The number of rotatable bonds is 2. The molecule has 1 aliphatic heterocycles. The second kappa shape index (κ2) is 5.20. The maximum atomic E-state index is 12.3. The first-order valence-electron chi connectivity index (χ1n) is 7.33. The molecule has 1 saturated heterocycles. The molecule has 1 aliphatic carbocycles. The molecule has 0 bridgehead atoms. The van der Waals surface area contributed by atoms with Crippen LogP contribution in [0.2, 0.25) is 0 Å². The van der Waals surface area contributed by atoms with Crippen molar-refractivity contribution in [2.24, 2.45) is 10.8 Å². The van der Waals surface area contributed by atoms with Crippen LogP contribution in [0.3, 0.4) is 0 Å². The van der Waals surface area contributed by atoms with Gasteiger partial charge in [0.05, 0.1) is 5.41 Å². The van der Waals surface area contributed by atoms with Crippen LogP contribution in [0, 0.1) is 10.8 Å². The fourth-order valence-corrected chi connectivity index (χ4v) is 2.97. The quantitative estimate of drug-likeness (QED) is 0.769. The summed E-state index contributed by atoms with van der Waals surface area (Å²) in [6.45, 7) is 8.54.